The number of anilines is 1. The SMILES string of the molecule is COc1ccccc1CNC(=S)NC1N=C(c2ccccc2Cl)c2cc(Cl)ccc2N(C)C1=O. The number of likely N-dealkylation sites (N-methyl/N-ethyl adjacent to an activating group) is 1. The molecule has 0 bridgehead atoms. The first kappa shape index (κ1) is 24.0. The van der Waals surface area contributed by atoms with Crippen molar-refractivity contribution in [1.29, 1.82) is 0 Å². The lowest BCUT2D eigenvalue weighted by Crippen LogP contribution is -2.49. The predicted molar refractivity (Wildman–Crippen MR) is 141 cm³/mol. The molecule has 0 saturated heterocycles. The number of hydrogen-bond donors (Lipinski definition) is 2. The topological polar surface area (TPSA) is 66.0 Å². The number of carbonyl (C=O) groups excluding carboxylic acids is 1. The highest BCUT2D eigenvalue weighted by molar-refractivity contribution is 7.80. The van der Waals surface area contributed by atoms with E-state index in [1.165, 1.54) is 0 Å². The molecule has 1 atom stereocenters. The summed E-state index contributed by atoms with van der Waals surface area (Å²) in [7, 11) is 3.31. The maximum Gasteiger partial charge on any atom is 0.272 e. The van der Waals surface area contributed by atoms with Gasteiger partial charge in [-0.1, -0.05) is 59.6 Å². The van der Waals surface area contributed by atoms with Crippen LogP contribution in [0.4, 0.5) is 5.69 Å². The second-order valence-electron chi connectivity index (χ2n) is 7.56. The van der Waals surface area contributed by atoms with Gasteiger partial charge >= 0.3 is 0 Å². The summed E-state index contributed by atoms with van der Waals surface area (Å²) >= 11 is 18.3. The Balaban J connectivity index is 1.66. The van der Waals surface area contributed by atoms with E-state index >= 15 is 0 Å². The molecular formula is C25H22Cl2N4O2S. The van der Waals surface area contributed by atoms with Gasteiger partial charge in [-0.05, 0) is 42.5 Å². The highest BCUT2D eigenvalue weighted by atomic mass is 35.5. The normalized spacial score (nSPS) is 15.2. The van der Waals surface area contributed by atoms with Crippen LogP contribution in [0, 0.1) is 0 Å². The smallest absolute Gasteiger partial charge is 0.272 e. The molecule has 6 nitrogen and oxygen atoms in total. The number of fused-ring (bicyclic) bond motifs is 1. The van der Waals surface area contributed by atoms with Crippen LogP contribution in [0.5, 0.6) is 5.75 Å². The summed E-state index contributed by atoms with van der Waals surface area (Å²) in [5.41, 5.74) is 3.54. The van der Waals surface area contributed by atoms with Crippen molar-refractivity contribution in [3.05, 3.63) is 93.5 Å². The highest BCUT2D eigenvalue weighted by Crippen LogP contribution is 2.31. The van der Waals surface area contributed by atoms with Crippen LogP contribution in [0.1, 0.15) is 16.7 Å². The summed E-state index contributed by atoms with van der Waals surface area (Å²) in [5.74, 6) is 0.474. The lowest BCUT2D eigenvalue weighted by molar-refractivity contribution is -0.119. The van der Waals surface area contributed by atoms with E-state index in [0.717, 1.165) is 11.3 Å². The Hall–Kier alpha value is -3.13. The molecule has 1 aliphatic rings. The number of thiocarbonyl (C=S) groups is 1. The summed E-state index contributed by atoms with van der Waals surface area (Å²) in [6.45, 7) is 0.420. The Bertz CT molecular complexity index is 1280. The second kappa shape index (κ2) is 10.4. The quantitative estimate of drug-likeness (QED) is 0.480. The molecule has 0 fully saturated rings. The van der Waals surface area contributed by atoms with Crippen LogP contribution in [-0.2, 0) is 11.3 Å². The van der Waals surface area contributed by atoms with Gasteiger partial charge in [-0.2, -0.15) is 0 Å². The molecule has 1 amide bonds. The maximum atomic E-state index is 13.3. The molecule has 0 aliphatic carbocycles. The van der Waals surface area contributed by atoms with E-state index in [0.29, 0.717) is 39.1 Å². The van der Waals surface area contributed by atoms with Crippen LogP contribution < -0.4 is 20.3 Å². The maximum absolute atomic E-state index is 13.3. The van der Waals surface area contributed by atoms with Crippen molar-refractivity contribution in [3.63, 3.8) is 0 Å². The van der Waals surface area contributed by atoms with Gasteiger partial charge in [0, 0.05) is 40.3 Å². The van der Waals surface area contributed by atoms with Crippen molar-refractivity contribution in [3.8, 4) is 5.75 Å². The molecule has 9 heteroatoms. The summed E-state index contributed by atoms with van der Waals surface area (Å²) in [5, 5.41) is 7.49. The number of rotatable bonds is 5. The molecule has 1 unspecified atom stereocenters. The van der Waals surface area contributed by atoms with E-state index in [4.69, 9.17) is 45.1 Å². The number of nitrogens with one attached hydrogen (secondary N) is 2. The van der Waals surface area contributed by atoms with Crippen molar-refractivity contribution in [2.45, 2.75) is 12.7 Å². The molecule has 2 N–H and O–H groups in total. The van der Waals surface area contributed by atoms with Gasteiger partial charge in [0.05, 0.1) is 18.5 Å². The van der Waals surface area contributed by atoms with Gasteiger partial charge in [0.1, 0.15) is 5.75 Å². The first-order chi connectivity index (χ1) is 16.4. The van der Waals surface area contributed by atoms with Gasteiger partial charge in [0.25, 0.3) is 5.91 Å². The monoisotopic (exact) mass is 512 g/mol. The highest BCUT2D eigenvalue weighted by Gasteiger charge is 2.31. The molecule has 0 spiro atoms. The Kier molecular flexibility index (Phi) is 7.36. The van der Waals surface area contributed by atoms with E-state index in [1.807, 2.05) is 42.5 Å². The summed E-state index contributed by atoms with van der Waals surface area (Å²) < 4.78 is 5.39. The number of para-hydroxylation sites is 1. The van der Waals surface area contributed by atoms with Crippen molar-refractivity contribution < 1.29 is 9.53 Å². The van der Waals surface area contributed by atoms with E-state index in [-0.39, 0.29) is 11.0 Å². The third-order valence-corrected chi connectivity index (χ3v) is 6.25. The lowest BCUT2D eigenvalue weighted by Gasteiger charge is -2.22. The minimum atomic E-state index is -0.972. The number of methoxy groups -OCH3 is 1. The number of carbonyl (C=O) groups is 1. The number of hydrogen-bond acceptors (Lipinski definition) is 4. The summed E-state index contributed by atoms with van der Waals surface area (Å²) in [6, 6.07) is 20.3. The molecule has 3 aromatic carbocycles. The number of benzene rings is 3. The molecular weight excluding hydrogens is 491 g/mol. The molecule has 0 aromatic heterocycles. The number of amides is 1. The first-order valence-electron chi connectivity index (χ1n) is 10.5. The van der Waals surface area contributed by atoms with Crippen molar-refractivity contribution in [1.82, 2.24) is 10.6 Å². The number of aliphatic imine (C=N–C) groups is 1. The Morgan fingerprint density at radius 2 is 1.82 bits per heavy atom. The largest absolute Gasteiger partial charge is 0.496 e. The standard InChI is InChI=1S/C25H22Cl2N4O2S/c1-31-20-12-11-16(26)13-18(20)22(17-8-4-5-9-19(17)27)29-23(24(31)32)30-25(34)28-14-15-7-3-6-10-21(15)33-2/h3-13,23H,14H2,1-2H3,(H2,28,30,34). The fourth-order valence-corrected chi connectivity index (χ4v) is 4.29. The third-order valence-electron chi connectivity index (χ3n) is 5.43. The molecule has 4 rings (SSSR count). The van der Waals surface area contributed by atoms with Crippen LogP contribution in [-0.4, -0.2) is 37.1 Å². The first-order valence-corrected chi connectivity index (χ1v) is 11.6. The van der Waals surface area contributed by atoms with Crippen LogP contribution in [0.25, 0.3) is 0 Å². The Morgan fingerprint density at radius 3 is 2.59 bits per heavy atom. The zero-order valence-corrected chi connectivity index (χ0v) is 20.8. The second-order valence-corrected chi connectivity index (χ2v) is 8.81. The average Bonchev–Trinajstić information content (AvgIpc) is 2.93. The van der Waals surface area contributed by atoms with Gasteiger partial charge in [-0.3, -0.25) is 4.79 Å². The molecule has 34 heavy (non-hydrogen) atoms. The van der Waals surface area contributed by atoms with E-state index in [9.17, 15) is 4.79 Å². The molecule has 174 valence electrons. The number of benzodiazepines with no additional fused rings is 1. The lowest BCUT2D eigenvalue weighted by atomic mass is 10.00. The number of ether oxygens (including phenoxy) is 1. The van der Waals surface area contributed by atoms with Gasteiger partial charge in [-0.25, -0.2) is 4.99 Å². The van der Waals surface area contributed by atoms with Crippen molar-refractivity contribution in [2.24, 2.45) is 4.99 Å². The van der Waals surface area contributed by atoms with Gasteiger partial charge in [0.15, 0.2) is 5.11 Å². The van der Waals surface area contributed by atoms with Gasteiger partial charge < -0.3 is 20.3 Å². The molecule has 1 heterocycles. The van der Waals surface area contributed by atoms with E-state index < -0.39 is 6.17 Å². The van der Waals surface area contributed by atoms with Crippen molar-refractivity contribution >= 4 is 57.8 Å². The fourth-order valence-electron chi connectivity index (χ4n) is 3.71. The molecule has 1 aliphatic heterocycles. The Labute approximate surface area is 213 Å². The molecule has 0 saturated carbocycles. The number of halogens is 2. The minimum absolute atomic E-state index is 0.271. The summed E-state index contributed by atoms with van der Waals surface area (Å²) in [6.07, 6.45) is -0.972. The van der Waals surface area contributed by atoms with Crippen molar-refractivity contribution in [2.75, 3.05) is 19.1 Å². The van der Waals surface area contributed by atoms with Crippen LogP contribution in [0.15, 0.2) is 71.7 Å². The zero-order valence-electron chi connectivity index (χ0n) is 18.5. The van der Waals surface area contributed by atoms with Crippen LogP contribution >= 0.6 is 35.4 Å². The zero-order chi connectivity index (χ0) is 24.2. The third kappa shape index (κ3) is 5.01. The minimum Gasteiger partial charge on any atom is -0.496 e. The summed E-state index contributed by atoms with van der Waals surface area (Å²) in [4.78, 5) is 19.7. The predicted octanol–water partition coefficient (Wildman–Crippen LogP) is 4.81. The average molecular weight is 513 g/mol. The molecule has 0 radical (unpaired) electrons. The van der Waals surface area contributed by atoms with E-state index in [2.05, 4.69) is 10.6 Å². The van der Waals surface area contributed by atoms with Gasteiger partial charge in [0.2, 0.25) is 6.17 Å². The van der Waals surface area contributed by atoms with Gasteiger partial charge in [-0.15, -0.1) is 0 Å². The van der Waals surface area contributed by atoms with E-state index in [1.54, 1.807) is 43.3 Å². The van der Waals surface area contributed by atoms with Crippen LogP contribution in [0.3, 0.4) is 0 Å². The Morgan fingerprint density at radius 1 is 1.09 bits per heavy atom. The van der Waals surface area contributed by atoms with Crippen LogP contribution in [0.2, 0.25) is 10.0 Å². The number of nitrogens with zero attached hydrogens (tertiary/aromatic N) is 2. The molecule has 3 aromatic rings. The fraction of sp³-hybridized carbons (Fsp3) is 0.160.